The summed E-state index contributed by atoms with van der Waals surface area (Å²) in [6.45, 7) is 0. The molecule has 7 nitrogen and oxygen atoms in total. The zero-order chi connectivity index (χ0) is 17.9. The molecule has 0 fully saturated rings. The molecule has 0 bridgehead atoms. The van der Waals surface area contributed by atoms with Gasteiger partial charge in [0.2, 0.25) is 0 Å². The van der Waals surface area contributed by atoms with Crippen LogP contribution < -0.4 is 4.48 Å². The number of halogens is 4. The van der Waals surface area contributed by atoms with Crippen molar-refractivity contribution in [3.05, 3.63) is 33.3 Å². The second-order valence-corrected chi connectivity index (χ2v) is 6.65. The van der Waals surface area contributed by atoms with Crippen molar-refractivity contribution in [1.82, 2.24) is 4.48 Å². The van der Waals surface area contributed by atoms with Gasteiger partial charge in [-0.1, -0.05) is 11.6 Å². The maximum absolute atomic E-state index is 10.7. The summed E-state index contributed by atoms with van der Waals surface area (Å²) in [5, 5.41) is 10.9. The highest BCUT2D eigenvalue weighted by Crippen LogP contribution is 2.30. The number of non-ortho nitro benzene ring substituents is 1. The molecule has 0 unspecified atom stereocenters. The van der Waals surface area contributed by atoms with Gasteiger partial charge in [-0.3, -0.25) is 19.2 Å². The van der Waals surface area contributed by atoms with Crippen molar-refractivity contribution in [3.8, 4) is 0 Å². The lowest BCUT2D eigenvalue weighted by Gasteiger charge is -2.24. The molecule has 0 heterocycles. The third-order valence-electron chi connectivity index (χ3n) is 2.16. The monoisotopic (exact) mass is 365 g/mol. The highest BCUT2D eigenvalue weighted by molar-refractivity contribution is 7.86. The van der Waals surface area contributed by atoms with E-state index >= 15 is 0 Å². The molecular weight excluding hydrogens is 353 g/mol. The second kappa shape index (κ2) is 6.77. The number of quaternary nitrogens is 1. The first-order chi connectivity index (χ1) is 9.57. The first-order valence-corrected chi connectivity index (χ1v) is 7.19. The summed E-state index contributed by atoms with van der Waals surface area (Å²) in [6.07, 6.45) is 0. The SMILES string of the molecule is C[N+](C)(C)c1ccc([N+](=O)[O-])cc1Cl.O=S(=O)(O)C(F)(F)F. The molecule has 0 aliphatic carbocycles. The third-order valence-corrected chi connectivity index (χ3v) is 3.05. The molecule has 126 valence electrons. The first-order valence-electron chi connectivity index (χ1n) is 5.37. The standard InChI is InChI=1S/C9H12ClN2O2.CHF3O3S/c1-12(2,3)9-5-4-7(11(13)14)6-8(9)10;2-1(3,4)8(5,6)7/h4-6H,1-3H3;(H,5,6,7)/q+1;. The Morgan fingerprint density at radius 1 is 1.27 bits per heavy atom. The Hall–Kier alpha value is -1.43. The molecule has 12 heteroatoms. The Morgan fingerprint density at radius 3 is 1.91 bits per heavy atom. The van der Waals surface area contributed by atoms with Crippen LogP contribution in [0.15, 0.2) is 18.2 Å². The van der Waals surface area contributed by atoms with Crippen molar-refractivity contribution >= 4 is 33.1 Å². The number of rotatable bonds is 2. The number of nitrogens with zero attached hydrogens (tertiary/aromatic N) is 2. The minimum atomic E-state index is -5.84. The zero-order valence-electron chi connectivity index (χ0n) is 11.6. The van der Waals surface area contributed by atoms with E-state index in [0.29, 0.717) is 9.51 Å². The predicted molar refractivity (Wildman–Crippen MR) is 75.3 cm³/mol. The normalized spacial score (nSPS) is 12.4. The molecule has 1 N–H and O–H groups in total. The summed E-state index contributed by atoms with van der Waals surface area (Å²) in [6, 6.07) is 4.52. The van der Waals surface area contributed by atoms with Crippen LogP contribution in [0.2, 0.25) is 5.02 Å². The van der Waals surface area contributed by atoms with Gasteiger partial charge in [-0.05, 0) is 0 Å². The lowest BCUT2D eigenvalue weighted by molar-refractivity contribution is -0.384. The van der Waals surface area contributed by atoms with Gasteiger partial charge < -0.3 is 0 Å². The van der Waals surface area contributed by atoms with Crippen molar-refractivity contribution in [2.24, 2.45) is 0 Å². The van der Waals surface area contributed by atoms with E-state index in [4.69, 9.17) is 24.6 Å². The van der Waals surface area contributed by atoms with E-state index in [9.17, 15) is 23.3 Å². The van der Waals surface area contributed by atoms with E-state index in [2.05, 4.69) is 0 Å². The fourth-order valence-electron chi connectivity index (χ4n) is 1.15. The van der Waals surface area contributed by atoms with Crippen LogP contribution in [0.5, 0.6) is 0 Å². The molecule has 1 aromatic rings. The van der Waals surface area contributed by atoms with E-state index in [1.165, 1.54) is 12.1 Å². The summed E-state index contributed by atoms with van der Waals surface area (Å²) in [5.74, 6) is 0. The Bertz CT molecular complexity index is 656. The van der Waals surface area contributed by atoms with Gasteiger partial charge >= 0.3 is 15.6 Å². The van der Waals surface area contributed by atoms with Crippen molar-refractivity contribution in [1.29, 1.82) is 0 Å². The molecule has 0 saturated carbocycles. The Labute approximate surface area is 129 Å². The summed E-state index contributed by atoms with van der Waals surface area (Å²) >= 11 is 5.94. The fourth-order valence-corrected chi connectivity index (χ4v) is 1.58. The van der Waals surface area contributed by atoms with Crippen LogP contribution in [0.1, 0.15) is 0 Å². The zero-order valence-corrected chi connectivity index (χ0v) is 13.2. The molecule has 22 heavy (non-hydrogen) atoms. The molecule has 0 saturated heterocycles. The summed E-state index contributed by atoms with van der Waals surface area (Å²) in [7, 11) is 0.0140. The van der Waals surface area contributed by atoms with E-state index < -0.39 is 20.5 Å². The van der Waals surface area contributed by atoms with Crippen LogP contribution in [-0.2, 0) is 10.1 Å². The Balaban J connectivity index is 0.000000472. The van der Waals surface area contributed by atoms with E-state index in [1.54, 1.807) is 6.07 Å². The minimum Gasteiger partial charge on any atom is -0.297 e. The molecule has 1 rings (SSSR count). The van der Waals surface area contributed by atoms with E-state index in [1.807, 2.05) is 21.1 Å². The van der Waals surface area contributed by atoms with Gasteiger partial charge in [0.05, 0.1) is 26.1 Å². The summed E-state index contributed by atoms with van der Waals surface area (Å²) in [4.78, 5) is 10.0. The number of hydrogen-bond acceptors (Lipinski definition) is 4. The fraction of sp³-hybridized carbons (Fsp3) is 0.400. The smallest absolute Gasteiger partial charge is 0.297 e. The topological polar surface area (TPSA) is 97.5 Å². The second-order valence-electron chi connectivity index (χ2n) is 4.83. The maximum atomic E-state index is 10.7. The number of alkyl halides is 3. The highest BCUT2D eigenvalue weighted by Gasteiger charge is 2.44. The number of nitro benzene ring substituents is 1. The van der Waals surface area contributed by atoms with Crippen molar-refractivity contribution < 1.29 is 31.1 Å². The number of hydrogen-bond donors (Lipinski definition) is 1. The van der Waals surface area contributed by atoms with Gasteiger partial charge in [-0.15, -0.1) is 0 Å². The largest absolute Gasteiger partial charge is 0.522 e. The predicted octanol–water partition coefficient (Wildman–Crippen LogP) is 2.84. The Morgan fingerprint density at radius 2 is 1.68 bits per heavy atom. The quantitative estimate of drug-likeness (QED) is 0.286. The summed E-state index contributed by atoms with van der Waals surface area (Å²) < 4.78 is 58.1. The molecule has 0 amide bonds. The maximum Gasteiger partial charge on any atom is 0.522 e. The van der Waals surface area contributed by atoms with Crippen molar-refractivity contribution in [2.75, 3.05) is 21.1 Å². The molecular formula is C10H13ClF3N2O5S+. The van der Waals surface area contributed by atoms with Crippen LogP contribution in [0.25, 0.3) is 0 Å². The number of benzene rings is 1. The molecule has 0 radical (unpaired) electrons. The molecule has 0 aromatic heterocycles. The average Bonchev–Trinajstić information content (AvgIpc) is 2.24. The first kappa shape index (κ1) is 20.6. The van der Waals surface area contributed by atoms with Crippen LogP contribution in [0, 0.1) is 10.1 Å². The van der Waals surface area contributed by atoms with Crippen LogP contribution in [0.4, 0.5) is 24.5 Å². The van der Waals surface area contributed by atoms with E-state index in [0.717, 1.165) is 5.69 Å². The minimum absolute atomic E-state index is 0.0206. The molecule has 0 aliphatic rings. The van der Waals surface area contributed by atoms with Gasteiger partial charge in [0.25, 0.3) is 5.69 Å². The van der Waals surface area contributed by atoms with Crippen LogP contribution in [-0.4, -0.2) is 44.5 Å². The van der Waals surface area contributed by atoms with Crippen LogP contribution >= 0.6 is 11.6 Å². The van der Waals surface area contributed by atoms with Gasteiger partial charge in [0.1, 0.15) is 5.02 Å². The van der Waals surface area contributed by atoms with Gasteiger partial charge in [0, 0.05) is 18.2 Å². The lowest BCUT2D eigenvalue weighted by Crippen LogP contribution is -2.34. The van der Waals surface area contributed by atoms with Gasteiger partial charge in [0.15, 0.2) is 5.69 Å². The van der Waals surface area contributed by atoms with E-state index in [-0.39, 0.29) is 5.69 Å². The van der Waals surface area contributed by atoms with Crippen molar-refractivity contribution in [2.45, 2.75) is 5.51 Å². The Kier molecular flexibility index (Phi) is 6.33. The molecule has 1 aromatic carbocycles. The third kappa shape index (κ3) is 6.13. The molecule has 0 atom stereocenters. The van der Waals surface area contributed by atoms with Crippen LogP contribution in [0.3, 0.4) is 0 Å². The highest BCUT2D eigenvalue weighted by atomic mass is 35.5. The molecule has 0 spiro atoms. The average molecular weight is 366 g/mol. The van der Waals surface area contributed by atoms with Gasteiger partial charge in [-0.25, -0.2) is 0 Å². The van der Waals surface area contributed by atoms with Crippen molar-refractivity contribution in [3.63, 3.8) is 0 Å². The molecule has 0 aliphatic heterocycles. The number of nitro groups is 1. The lowest BCUT2D eigenvalue weighted by atomic mass is 10.2. The summed E-state index contributed by atoms with van der Waals surface area (Å²) in [5.41, 5.74) is -4.66. The van der Waals surface area contributed by atoms with Gasteiger partial charge in [-0.2, -0.15) is 21.6 Å².